The number of hydrogen-bond acceptors (Lipinski definition) is 4. The van der Waals surface area contributed by atoms with E-state index in [0.717, 1.165) is 30.4 Å². The number of fused-ring (bicyclic) bond motifs is 1. The number of rotatable bonds is 3. The van der Waals surface area contributed by atoms with Crippen molar-refractivity contribution in [3.8, 4) is 5.75 Å². The van der Waals surface area contributed by atoms with E-state index in [1.54, 1.807) is 7.11 Å². The summed E-state index contributed by atoms with van der Waals surface area (Å²) in [5.41, 5.74) is 2.22. The van der Waals surface area contributed by atoms with Crippen LogP contribution in [0.15, 0.2) is 30.2 Å². The molecule has 3 atom stereocenters. The van der Waals surface area contributed by atoms with Gasteiger partial charge in [-0.3, -0.25) is 4.79 Å². The number of Topliss-reactive ketones (excluding diaryl/α,β-unsaturated/α-hetero) is 1. The lowest BCUT2D eigenvalue weighted by atomic mass is 9.80. The second kappa shape index (κ2) is 6.13. The van der Waals surface area contributed by atoms with Gasteiger partial charge >= 0.3 is 0 Å². The van der Waals surface area contributed by atoms with Crippen molar-refractivity contribution in [3.05, 3.63) is 41.3 Å². The van der Waals surface area contributed by atoms with Crippen LogP contribution in [0.4, 0.5) is 0 Å². The Morgan fingerprint density at radius 1 is 1.14 bits per heavy atom. The van der Waals surface area contributed by atoms with E-state index in [1.165, 1.54) is 6.26 Å². The number of methoxy groups -OCH3 is 1. The molecule has 0 radical (unpaired) electrons. The third kappa shape index (κ3) is 3.02. The first-order chi connectivity index (χ1) is 10.6. The maximum atomic E-state index is 12.6. The van der Waals surface area contributed by atoms with Gasteiger partial charge in [0.15, 0.2) is 0 Å². The molecule has 1 aromatic rings. The molecule has 1 aromatic carbocycles. The lowest BCUT2D eigenvalue weighted by Gasteiger charge is -2.36. The van der Waals surface area contributed by atoms with Crippen molar-refractivity contribution in [1.29, 1.82) is 0 Å². The average Bonchev–Trinajstić information content (AvgIpc) is 2.49. The molecule has 0 saturated heterocycles. The Hall–Kier alpha value is -1.81. The van der Waals surface area contributed by atoms with E-state index in [9.17, 15) is 4.79 Å². The van der Waals surface area contributed by atoms with Crippen molar-refractivity contribution in [1.82, 2.24) is 0 Å². The average molecular weight is 302 g/mol. The summed E-state index contributed by atoms with van der Waals surface area (Å²) in [4.78, 5) is 12.6. The van der Waals surface area contributed by atoms with Crippen LogP contribution in [0.1, 0.15) is 30.4 Å². The highest BCUT2D eigenvalue weighted by Crippen LogP contribution is 2.35. The number of aryl methyl sites for hydroxylation is 2. The normalized spacial score (nSPS) is 27.7. The van der Waals surface area contributed by atoms with Gasteiger partial charge in [-0.2, -0.15) is 0 Å². The lowest BCUT2D eigenvalue weighted by molar-refractivity contribution is -0.133. The molecule has 1 heterocycles. The van der Waals surface area contributed by atoms with Gasteiger partial charge in [-0.1, -0.05) is 6.07 Å². The van der Waals surface area contributed by atoms with E-state index in [1.807, 2.05) is 26.0 Å². The van der Waals surface area contributed by atoms with Gasteiger partial charge in [-0.05, 0) is 49.9 Å². The zero-order chi connectivity index (χ0) is 15.7. The summed E-state index contributed by atoms with van der Waals surface area (Å²) in [5.74, 6) is 0.925. The first-order valence-electron chi connectivity index (χ1n) is 7.75. The smallest absolute Gasteiger partial charge is 0.207 e. The van der Waals surface area contributed by atoms with Crippen LogP contribution >= 0.6 is 0 Å². The largest absolute Gasteiger partial charge is 0.493 e. The van der Waals surface area contributed by atoms with Crippen LogP contribution in [-0.2, 0) is 14.3 Å². The van der Waals surface area contributed by atoms with Gasteiger partial charge in [0.1, 0.15) is 18.1 Å². The van der Waals surface area contributed by atoms with Gasteiger partial charge in [-0.25, -0.2) is 0 Å². The van der Waals surface area contributed by atoms with Crippen LogP contribution in [0.3, 0.4) is 0 Å². The molecule has 1 aliphatic heterocycles. The molecule has 1 saturated carbocycles. The van der Waals surface area contributed by atoms with Crippen molar-refractivity contribution in [2.75, 3.05) is 7.11 Å². The summed E-state index contributed by atoms with van der Waals surface area (Å²) in [7, 11) is 1.71. The number of ketones is 1. The highest BCUT2D eigenvalue weighted by atomic mass is 16.5. The van der Waals surface area contributed by atoms with Gasteiger partial charge in [0.05, 0.1) is 12.0 Å². The van der Waals surface area contributed by atoms with E-state index >= 15 is 0 Å². The third-order valence-corrected chi connectivity index (χ3v) is 4.43. The molecule has 0 aromatic heterocycles. The molecule has 2 aliphatic rings. The summed E-state index contributed by atoms with van der Waals surface area (Å²) < 4.78 is 16.9. The van der Waals surface area contributed by atoms with Crippen LogP contribution in [0, 0.1) is 19.8 Å². The monoisotopic (exact) mass is 302 g/mol. The van der Waals surface area contributed by atoms with E-state index < -0.39 is 0 Å². The maximum Gasteiger partial charge on any atom is 0.207 e. The number of carbonyl (C=O) groups excluding carboxylic acids is 1. The molecule has 3 unspecified atom stereocenters. The summed E-state index contributed by atoms with van der Waals surface area (Å²) >= 11 is 0. The number of carbonyl (C=O) groups is 1. The quantitative estimate of drug-likeness (QED) is 0.859. The van der Waals surface area contributed by atoms with Gasteiger partial charge in [0.2, 0.25) is 11.5 Å². The molecule has 0 bridgehead atoms. The van der Waals surface area contributed by atoms with Crippen LogP contribution in [-0.4, -0.2) is 25.1 Å². The molecule has 0 N–H and O–H groups in total. The van der Waals surface area contributed by atoms with Gasteiger partial charge in [-0.15, -0.1) is 0 Å². The molecule has 0 amide bonds. The Morgan fingerprint density at radius 3 is 2.55 bits per heavy atom. The third-order valence-electron chi connectivity index (χ3n) is 4.43. The van der Waals surface area contributed by atoms with E-state index in [2.05, 4.69) is 6.07 Å². The van der Waals surface area contributed by atoms with E-state index in [4.69, 9.17) is 14.2 Å². The SMILES string of the molecule is COC1CCC2C(=O)C(Oc3cc(C)cc(C)c3)=COC2C1. The minimum Gasteiger partial charge on any atom is -0.493 e. The number of benzene rings is 1. The fraction of sp³-hybridized carbons (Fsp3) is 0.500. The van der Waals surface area contributed by atoms with Crippen LogP contribution in [0.25, 0.3) is 0 Å². The molecule has 1 fully saturated rings. The van der Waals surface area contributed by atoms with Crippen molar-refractivity contribution < 1.29 is 19.0 Å². The van der Waals surface area contributed by atoms with Crippen molar-refractivity contribution in [2.45, 2.75) is 45.3 Å². The number of hydrogen-bond donors (Lipinski definition) is 0. The predicted octanol–water partition coefficient (Wildman–Crippen LogP) is 3.31. The minimum absolute atomic E-state index is 0.0463. The highest BCUT2D eigenvalue weighted by Gasteiger charge is 2.41. The van der Waals surface area contributed by atoms with Gasteiger partial charge < -0.3 is 14.2 Å². The molecular formula is C18H22O4. The Morgan fingerprint density at radius 2 is 1.86 bits per heavy atom. The number of ether oxygens (including phenoxy) is 3. The summed E-state index contributed by atoms with van der Waals surface area (Å²) in [5, 5.41) is 0. The summed E-state index contributed by atoms with van der Waals surface area (Å²) in [6.45, 7) is 4.02. The first kappa shape index (κ1) is 15.1. The van der Waals surface area contributed by atoms with Crippen molar-refractivity contribution in [3.63, 3.8) is 0 Å². The van der Waals surface area contributed by atoms with Crippen molar-refractivity contribution in [2.24, 2.45) is 5.92 Å². The second-order valence-electron chi connectivity index (χ2n) is 6.22. The number of allylic oxidation sites excluding steroid dienone is 1. The van der Waals surface area contributed by atoms with Crippen molar-refractivity contribution >= 4 is 5.78 Å². The summed E-state index contributed by atoms with van der Waals surface area (Å²) in [6.07, 6.45) is 4.01. The second-order valence-corrected chi connectivity index (χ2v) is 6.22. The fourth-order valence-corrected chi connectivity index (χ4v) is 3.34. The Bertz CT molecular complexity index is 585. The molecule has 118 valence electrons. The Kier molecular flexibility index (Phi) is 4.21. The Balaban J connectivity index is 1.75. The standard InChI is InChI=1S/C18H22O4/c1-11-6-12(2)8-14(7-11)22-17-10-21-16-9-13(20-3)4-5-15(16)18(17)19/h6-8,10,13,15-16H,4-5,9H2,1-3H3. The lowest BCUT2D eigenvalue weighted by Crippen LogP contribution is -2.42. The summed E-state index contributed by atoms with van der Waals surface area (Å²) in [6, 6.07) is 5.92. The molecule has 4 heteroatoms. The minimum atomic E-state index is -0.114. The van der Waals surface area contributed by atoms with Gasteiger partial charge in [0.25, 0.3) is 0 Å². The van der Waals surface area contributed by atoms with Crippen LogP contribution in [0.2, 0.25) is 0 Å². The molecule has 3 rings (SSSR count). The maximum absolute atomic E-state index is 12.6. The first-order valence-corrected chi connectivity index (χ1v) is 7.75. The molecular weight excluding hydrogens is 280 g/mol. The topological polar surface area (TPSA) is 44.8 Å². The van der Waals surface area contributed by atoms with Crippen LogP contribution < -0.4 is 4.74 Å². The predicted molar refractivity (Wildman–Crippen MR) is 82.6 cm³/mol. The Labute approximate surface area is 131 Å². The molecule has 1 aliphatic carbocycles. The molecule has 4 nitrogen and oxygen atoms in total. The fourth-order valence-electron chi connectivity index (χ4n) is 3.34. The van der Waals surface area contributed by atoms with E-state index in [-0.39, 0.29) is 23.9 Å². The zero-order valence-electron chi connectivity index (χ0n) is 13.3. The molecule has 22 heavy (non-hydrogen) atoms. The van der Waals surface area contributed by atoms with E-state index in [0.29, 0.717) is 11.5 Å². The molecule has 0 spiro atoms. The van der Waals surface area contributed by atoms with Crippen LogP contribution in [0.5, 0.6) is 5.75 Å². The zero-order valence-corrected chi connectivity index (χ0v) is 13.3. The van der Waals surface area contributed by atoms with Gasteiger partial charge in [0, 0.05) is 13.5 Å². The highest BCUT2D eigenvalue weighted by molar-refractivity contribution is 5.96.